The van der Waals surface area contributed by atoms with Crippen LogP contribution in [0.2, 0.25) is 0 Å². The molecule has 3 aromatic rings. The molecule has 0 saturated carbocycles. The van der Waals surface area contributed by atoms with Crippen molar-refractivity contribution >= 4 is 16.8 Å². The highest BCUT2D eigenvalue weighted by atomic mass is 19.1. The molecule has 1 amide bonds. The molecular weight excluding hydrogens is 295 g/mol. The van der Waals surface area contributed by atoms with Crippen LogP contribution in [0.3, 0.4) is 0 Å². The Kier molecular flexibility index (Phi) is 4.02. The maximum absolute atomic E-state index is 13.2. The molecule has 1 heterocycles. The summed E-state index contributed by atoms with van der Waals surface area (Å²) in [5.74, 6) is 0.176. The number of fused-ring (bicyclic) bond motifs is 1. The van der Waals surface area contributed by atoms with E-state index in [9.17, 15) is 9.18 Å². The molecule has 0 bridgehead atoms. The molecule has 118 valence electrons. The van der Waals surface area contributed by atoms with Gasteiger partial charge >= 0.3 is 0 Å². The van der Waals surface area contributed by atoms with Crippen LogP contribution in [0.4, 0.5) is 4.39 Å². The predicted molar refractivity (Wildman–Crippen MR) is 87.1 cm³/mol. The number of rotatable bonds is 4. The molecule has 3 rings (SSSR count). The van der Waals surface area contributed by atoms with E-state index in [4.69, 9.17) is 4.74 Å². The van der Waals surface area contributed by atoms with Crippen LogP contribution in [0.25, 0.3) is 10.9 Å². The topological polar surface area (TPSA) is 54.1 Å². The number of nitrogens with one attached hydrogen (secondary N) is 2. The van der Waals surface area contributed by atoms with Crippen molar-refractivity contribution in [2.75, 3.05) is 7.11 Å². The number of benzene rings is 2. The molecule has 0 unspecified atom stereocenters. The number of methoxy groups -OCH3 is 1. The second kappa shape index (κ2) is 6.12. The molecule has 23 heavy (non-hydrogen) atoms. The quantitative estimate of drug-likeness (QED) is 0.770. The molecule has 0 radical (unpaired) electrons. The molecule has 0 aliphatic rings. The van der Waals surface area contributed by atoms with E-state index in [1.807, 2.05) is 31.2 Å². The van der Waals surface area contributed by atoms with Crippen LogP contribution in [0, 0.1) is 5.82 Å². The molecule has 2 N–H and O–H groups in total. The Balaban J connectivity index is 1.79. The molecule has 0 fully saturated rings. The number of halogens is 1. The number of H-pyrrole nitrogens is 1. The monoisotopic (exact) mass is 312 g/mol. The second-order valence-corrected chi connectivity index (χ2v) is 5.39. The van der Waals surface area contributed by atoms with Gasteiger partial charge in [-0.15, -0.1) is 0 Å². The fourth-order valence-electron chi connectivity index (χ4n) is 2.49. The number of hydrogen-bond acceptors (Lipinski definition) is 2. The third kappa shape index (κ3) is 3.18. The molecular formula is C18H17FN2O2. The smallest absolute Gasteiger partial charge is 0.268 e. The van der Waals surface area contributed by atoms with Gasteiger partial charge in [0.05, 0.1) is 13.2 Å². The van der Waals surface area contributed by atoms with Crippen LogP contribution < -0.4 is 10.1 Å². The SMILES string of the molecule is COc1cccc([C@H](C)NC(=O)c2cc3cc(F)ccc3[nH]2)c1. The van der Waals surface area contributed by atoms with E-state index < -0.39 is 0 Å². The van der Waals surface area contributed by atoms with E-state index in [1.165, 1.54) is 12.1 Å². The minimum atomic E-state index is -0.326. The lowest BCUT2D eigenvalue weighted by molar-refractivity contribution is 0.0935. The maximum atomic E-state index is 13.2. The largest absolute Gasteiger partial charge is 0.497 e. The average molecular weight is 312 g/mol. The van der Waals surface area contributed by atoms with Gasteiger partial charge in [-0.1, -0.05) is 12.1 Å². The number of aromatic nitrogens is 1. The number of hydrogen-bond donors (Lipinski definition) is 2. The minimum Gasteiger partial charge on any atom is -0.497 e. The van der Waals surface area contributed by atoms with Crippen molar-refractivity contribution in [3.63, 3.8) is 0 Å². The van der Waals surface area contributed by atoms with Crippen molar-refractivity contribution in [2.45, 2.75) is 13.0 Å². The summed E-state index contributed by atoms with van der Waals surface area (Å²) in [5, 5.41) is 3.59. The molecule has 0 spiro atoms. The predicted octanol–water partition coefficient (Wildman–Crippen LogP) is 3.81. The first-order chi connectivity index (χ1) is 11.1. The van der Waals surface area contributed by atoms with Gasteiger partial charge in [0, 0.05) is 10.9 Å². The summed E-state index contributed by atoms with van der Waals surface area (Å²) in [6, 6.07) is 13.4. The van der Waals surface area contributed by atoms with Gasteiger partial charge in [0.15, 0.2) is 0 Å². The van der Waals surface area contributed by atoms with Crippen LogP contribution in [-0.4, -0.2) is 18.0 Å². The Labute approximate surface area is 133 Å². The summed E-state index contributed by atoms with van der Waals surface area (Å²) < 4.78 is 18.4. The zero-order valence-corrected chi connectivity index (χ0v) is 12.9. The maximum Gasteiger partial charge on any atom is 0.268 e. The van der Waals surface area contributed by atoms with Gasteiger partial charge in [-0.3, -0.25) is 4.79 Å². The molecule has 0 saturated heterocycles. The van der Waals surface area contributed by atoms with Crippen molar-refractivity contribution in [3.05, 3.63) is 65.6 Å². The first-order valence-electron chi connectivity index (χ1n) is 7.30. The fourth-order valence-corrected chi connectivity index (χ4v) is 2.49. The van der Waals surface area contributed by atoms with Crippen LogP contribution in [0.15, 0.2) is 48.5 Å². The van der Waals surface area contributed by atoms with Gasteiger partial charge in [0.1, 0.15) is 17.3 Å². The molecule has 1 atom stereocenters. The summed E-state index contributed by atoms with van der Waals surface area (Å²) in [7, 11) is 1.60. The Morgan fingerprint density at radius 1 is 1.22 bits per heavy atom. The van der Waals surface area contributed by atoms with Crippen LogP contribution >= 0.6 is 0 Å². The van der Waals surface area contributed by atoms with Crippen molar-refractivity contribution < 1.29 is 13.9 Å². The third-order valence-corrected chi connectivity index (χ3v) is 3.77. The Morgan fingerprint density at radius 3 is 2.83 bits per heavy atom. The Morgan fingerprint density at radius 2 is 2.04 bits per heavy atom. The lowest BCUT2D eigenvalue weighted by atomic mass is 10.1. The summed E-state index contributed by atoms with van der Waals surface area (Å²) >= 11 is 0. The van der Waals surface area contributed by atoms with Crippen molar-refractivity contribution in [3.8, 4) is 5.75 Å². The van der Waals surface area contributed by atoms with E-state index in [0.29, 0.717) is 11.1 Å². The fraction of sp³-hybridized carbons (Fsp3) is 0.167. The number of carbonyl (C=O) groups is 1. The highest BCUT2D eigenvalue weighted by molar-refractivity contribution is 5.98. The van der Waals surface area contributed by atoms with Gasteiger partial charge in [0.25, 0.3) is 5.91 Å². The molecule has 5 heteroatoms. The van der Waals surface area contributed by atoms with Crippen molar-refractivity contribution in [1.82, 2.24) is 10.3 Å². The average Bonchev–Trinajstić information content (AvgIpc) is 2.98. The van der Waals surface area contributed by atoms with Gasteiger partial charge in [-0.25, -0.2) is 4.39 Å². The van der Waals surface area contributed by atoms with E-state index in [1.54, 1.807) is 19.2 Å². The third-order valence-electron chi connectivity index (χ3n) is 3.77. The zero-order valence-electron chi connectivity index (χ0n) is 12.9. The Bertz CT molecular complexity index is 857. The normalized spacial score (nSPS) is 12.1. The second-order valence-electron chi connectivity index (χ2n) is 5.39. The van der Waals surface area contributed by atoms with Gasteiger partial charge in [0.2, 0.25) is 0 Å². The minimum absolute atomic E-state index is 0.180. The number of ether oxygens (including phenoxy) is 1. The first kappa shape index (κ1) is 15.1. The lowest BCUT2D eigenvalue weighted by Crippen LogP contribution is -2.26. The summed E-state index contributed by atoms with van der Waals surface area (Å²) in [6.07, 6.45) is 0. The van der Waals surface area contributed by atoms with Gasteiger partial charge < -0.3 is 15.0 Å². The van der Waals surface area contributed by atoms with E-state index >= 15 is 0 Å². The zero-order chi connectivity index (χ0) is 16.4. The number of carbonyl (C=O) groups excluding carboxylic acids is 1. The van der Waals surface area contributed by atoms with Crippen LogP contribution in [0.1, 0.15) is 29.0 Å². The van der Waals surface area contributed by atoms with Crippen molar-refractivity contribution in [1.29, 1.82) is 0 Å². The van der Waals surface area contributed by atoms with Crippen LogP contribution in [0.5, 0.6) is 5.75 Å². The van der Waals surface area contributed by atoms with E-state index in [2.05, 4.69) is 10.3 Å². The highest BCUT2D eigenvalue weighted by Crippen LogP contribution is 2.20. The highest BCUT2D eigenvalue weighted by Gasteiger charge is 2.14. The van der Waals surface area contributed by atoms with Gasteiger partial charge in [-0.05, 0) is 48.9 Å². The standard InChI is InChI=1S/C18H17FN2O2/c1-11(12-4-3-5-15(9-12)23-2)20-18(22)17-10-13-8-14(19)6-7-16(13)21-17/h3-11,21H,1-2H3,(H,20,22)/t11-/m0/s1. The summed E-state index contributed by atoms with van der Waals surface area (Å²) in [5.41, 5.74) is 2.07. The number of amides is 1. The molecule has 0 aliphatic heterocycles. The molecule has 4 nitrogen and oxygen atoms in total. The molecule has 0 aliphatic carbocycles. The van der Waals surface area contributed by atoms with Crippen molar-refractivity contribution in [2.24, 2.45) is 0 Å². The molecule has 1 aromatic heterocycles. The van der Waals surface area contributed by atoms with Gasteiger partial charge in [-0.2, -0.15) is 0 Å². The van der Waals surface area contributed by atoms with E-state index in [-0.39, 0.29) is 17.8 Å². The van der Waals surface area contributed by atoms with Crippen LogP contribution in [-0.2, 0) is 0 Å². The van der Waals surface area contributed by atoms with E-state index in [0.717, 1.165) is 16.8 Å². The molecule has 2 aromatic carbocycles. The summed E-state index contributed by atoms with van der Waals surface area (Å²) in [6.45, 7) is 1.90. The lowest BCUT2D eigenvalue weighted by Gasteiger charge is -2.14. The summed E-state index contributed by atoms with van der Waals surface area (Å²) in [4.78, 5) is 15.4. The Hall–Kier alpha value is -2.82. The number of aromatic amines is 1. The first-order valence-corrected chi connectivity index (χ1v) is 7.30.